The molecule has 0 aliphatic carbocycles. The van der Waals surface area contributed by atoms with Crippen LogP contribution >= 0.6 is 23.2 Å². The van der Waals surface area contributed by atoms with Crippen LogP contribution in [-0.2, 0) is 6.42 Å². The van der Waals surface area contributed by atoms with E-state index in [1.807, 2.05) is 31.2 Å². The van der Waals surface area contributed by atoms with Crippen LogP contribution in [0.4, 0.5) is 0 Å². The summed E-state index contributed by atoms with van der Waals surface area (Å²) in [6.07, 6.45) is 6.03. The lowest BCUT2D eigenvalue weighted by Crippen LogP contribution is -1.86. The summed E-state index contributed by atoms with van der Waals surface area (Å²) >= 11 is 12.0. The molecule has 0 bridgehead atoms. The molecule has 0 nitrogen and oxygen atoms in total. The molecule has 0 aliphatic rings. The molecule has 1 aromatic rings. The largest absolute Gasteiger partial charge is 0.0917 e. The third-order valence-electron chi connectivity index (χ3n) is 1.86. The van der Waals surface area contributed by atoms with Gasteiger partial charge in [0, 0.05) is 10.0 Å². The number of allylic oxidation sites excluding steroid dienone is 2. The van der Waals surface area contributed by atoms with Crippen molar-refractivity contribution in [1.82, 2.24) is 0 Å². The molecule has 0 aliphatic heterocycles. The van der Waals surface area contributed by atoms with Gasteiger partial charge in [0.15, 0.2) is 0 Å². The summed E-state index contributed by atoms with van der Waals surface area (Å²) in [4.78, 5) is 0. The highest BCUT2D eigenvalue weighted by Crippen LogP contribution is 2.25. The zero-order chi connectivity index (χ0) is 9.68. The number of halogens is 2. The first-order chi connectivity index (χ1) is 6.25. The Morgan fingerprint density at radius 1 is 1.23 bits per heavy atom. The van der Waals surface area contributed by atoms with Gasteiger partial charge in [-0.15, -0.1) is 0 Å². The van der Waals surface area contributed by atoms with E-state index in [0.29, 0.717) is 0 Å². The van der Waals surface area contributed by atoms with E-state index >= 15 is 0 Å². The van der Waals surface area contributed by atoms with Gasteiger partial charge >= 0.3 is 0 Å². The molecule has 0 unspecified atom stereocenters. The molecule has 0 aromatic heterocycles. The van der Waals surface area contributed by atoms with Crippen molar-refractivity contribution in [3.63, 3.8) is 0 Å². The molecule has 0 atom stereocenters. The van der Waals surface area contributed by atoms with E-state index in [1.54, 1.807) is 0 Å². The Bertz CT molecular complexity index is 283. The van der Waals surface area contributed by atoms with Crippen LogP contribution < -0.4 is 0 Å². The molecule has 2 heteroatoms. The second kappa shape index (κ2) is 5.31. The first-order valence-electron chi connectivity index (χ1n) is 4.29. The van der Waals surface area contributed by atoms with Crippen molar-refractivity contribution >= 4 is 23.2 Å². The van der Waals surface area contributed by atoms with Crippen molar-refractivity contribution in [2.45, 2.75) is 19.8 Å². The summed E-state index contributed by atoms with van der Waals surface area (Å²) in [5.41, 5.74) is 1.05. The summed E-state index contributed by atoms with van der Waals surface area (Å²) in [5, 5.41) is 1.52. The van der Waals surface area contributed by atoms with Gasteiger partial charge in [-0.2, -0.15) is 0 Å². The molecule has 1 aromatic carbocycles. The number of hydrogen-bond acceptors (Lipinski definition) is 0. The zero-order valence-electron chi connectivity index (χ0n) is 7.56. The van der Waals surface area contributed by atoms with E-state index in [2.05, 4.69) is 6.08 Å². The van der Waals surface area contributed by atoms with E-state index < -0.39 is 0 Å². The monoisotopic (exact) mass is 214 g/mol. The van der Waals surface area contributed by atoms with Crippen molar-refractivity contribution in [1.29, 1.82) is 0 Å². The molecule has 70 valence electrons. The van der Waals surface area contributed by atoms with E-state index in [0.717, 1.165) is 28.5 Å². The van der Waals surface area contributed by atoms with E-state index in [-0.39, 0.29) is 0 Å². The molecule has 0 heterocycles. The number of hydrogen-bond donors (Lipinski definition) is 0. The number of benzene rings is 1. The van der Waals surface area contributed by atoms with Crippen molar-refractivity contribution in [3.05, 3.63) is 46.0 Å². The quantitative estimate of drug-likeness (QED) is 0.651. The Balaban J connectivity index is 2.75. The van der Waals surface area contributed by atoms with Crippen LogP contribution in [0, 0.1) is 0 Å². The molecule has 0 saturated carbocycles. The van der Waals surface area contributed by atoms with E-state index in [9.17, 15) is 0 Å². The molecule has 0 saturated heterocycles. The van der Waals surface area contributed by atoms with Gasteiger partial charge in [-0.1, -0.05) is 41.4 Å². The van der Waals surface area contributed by atoms with Gasteiger partial charge in [0.2, 0.25) is 0 Å². The standard InChI is InChI=1S/C11H12Cl2/c1-2-3-4-6-9-10(12)7-5-8-11(9)13/h2-3,5,7-8H,4,6H2,1H3/b3-2-. The van der Waals surface area contributed by atoms with Gasteiger partial charge in [0.1, 0.15) is 0 Å². The van der Waals surface area contributed by atoms with Gasteiger partial charge in [-0.3, -0.25) is 0 Å². The van der Waals surface area contributed by atoms with Crippen molar-refractivity contribution < 1.29 is 0 Å². The predicted octanol–water partition coefficient (Wildman–Crippen LogP) is 4.50. The Labute approximate surface area is 89.2 Å². The lowest BCUT2D eigenvalue weighted by molar-refractivity contribution is 1.000. The highest BCUT2D eigenvalue weighted by molar-refractivity contribution is 6.35. The molecule has 13 heavy (non-hydrogen) atoms. The van der Waals surface area contributed by atoms with Gasteiger partial charge < -0.3 is 0 Å². The zero-order valence-corrected chi connectivity index (χ0v) is 9.07. The van der Waals surface area contributed by atoms with Crippen LogP contribution in [0.2, 0.25) is 10.0 Å². The Hall–Kier alpha value is -0.460. The average Bonchev–Trinajstić information content (AvgIpc) is 2.10. The summed E-state index contributed by atoms with van der Waals surface area (Å²) < 4.78 is 0. The molecule has 0 N–H and O–H groups in total. The van der Waals surface area contributed by atoms with Gasteiger partial charge in [0.05, 0.1) is 0 Å². The fourth-order valence-corrected chi connectivity index (χ4v) is 1.75. The lowest BCUT2D eigenvalue weighted by atomic mass is 10.1. The highest BCUT2D eigenvalue weighted by atomic mass is 35.5. The highest BCUT2D eigenvalue weighted by Gasteiger charge is 2.02. The molecule has 0 radical (unpaired) electrons. The van der Waals surface area contributed by atoms with Crippen LogP contribution in [0.15, 0.2) is 30.4 Å². The Morgan fingerprint density at radius 2 is 1.85 bits per heavy atom. The van der Waals surface area contributed by atoms with Gasteiger partial charge in [0.25, 0.3) is 0 Å². The summed E-state index contributed by atoms with van der Waals surface area (Å²) in [7, 11) is 0. The average molecular weight is 215 g/mol. The minimum atomic E-state index is 0.761. The predicted molar refractivity (Wildman–Crippen MR) is 59.6 cm³/mol. The maximum atomic E-state index is 6.00. The van der Waals surface area contributed by atoms with Gasteiger partial charge in [-0.05, 0) is 37.5 Å². The van der Waals surface area contributed by atoms with Crippen molar-refractivity contribution in [2.75, 3.05) is 0 Å². The fraction of sp³-hybridized carbons (Fsp3) is 0.273. The van der Waals surface area contributed by atoms with E-state index in [4.69, 9.17) is 23.2 Å². The van der Waals surface area contributed by atoms with Crippen molar-refractivity contribution in [3.8, 4) is 0 Å². The van der Waals surface area contributed by atoms with Gasteiger partial charge in [-0.25, -0.2) is 0 Å². The molecule has 0 amide bonds. The van der Waals surface area contributed by atoms with Crippen LogP contribution in [-0.4, -0.2) is 0 Å². The minimum Gasteiger partial charge on any atom is -0.0917 e. The smallest absolute Gasteiger partial charge is 0.0452 e. The minimum absolute atomic E-state index is 0.761. The second-order valence-electron chi connectivity index (χ2n) is 2.81. The molecule has 0 spiro atoms. The third kappa shape index (κ3) is 3.06. The molecule has 0 fully saturated rings. The maximum absolute atomic E-state index is 6.00. The lowest BCUT2D eigenvalue weighted by Gasteiger charge is -2.04. The van der Waals surface area contributed by atoms with Crippen LogP contribution in [0.25, 0.3) is 0 Å². The van der Waals surface area contributed by atoms with Crippen molar-refractivity contribution in [2.24, 2.45) is 0 Å². The summed E-state index contributed by atoms with van der Waals surface area (Å²) in [6, 6.07) is 5.61. The van der Waals surface area contributed by atoms with Crippen LogP contribution in [0.3, 0.4) is 0 Å². The normalized spacial score (nSPS) is 11.0. The number of rotatable bonds is 3. The second-order valence-corrected chi connectivity index (χ2v) is 3.62. The Kier molecular flexibility index (Phi) is 4.34. The molecular formula is C11H12Cl2. The molecule has 1 rings (SSSR count). The maximum Gasteiger partial charge on any atom is 0.0452 e. The summed E-state index contributed by atoms with van der Waals surface area (Å²) in [5.74, 6) is 0. The first kappa shape index (κ1) is 10.6. The van der Waals surface area contributed by atoms with E-state index in [1.165, 1.54) is 0 Å². The fourth-order valence-electron chi connectivity index (χ4n) is 1.17. The third-order valence-corrected chi connectivity index (χ3v) is 2.57. The Morgan fingerprint density at radius 3 is 2.38 bits per heavy atom. The summed E-state index contributed by atoms with van der Waals surface area (Å²) in [6.45, 7) is 2.01. The molecular weight excluding hydrogens is 203 g/mol. The van der Waals surface area contributed by atoms with Crippen LogP contribution in [0.5, 0.6) is 0 Å². The SMILES string of the molecule is C/C=C\CCc1c(Cl)cccc1Cl. The van der Waals surface area contributed by atoms with Crippen LogP contribution in [0.1, 0.15) is 18.9 Å². The first-order valence-corrected chi connectivity index (χ1v) is 5.05. The topological polar surface area (TPSA) is 0 Å².